The summed E-state index contributed by atoms with van der Waals surface area (Å²) in [6.07, 6.45) is -0.925. The molecule has 0 spiro atoms. The van der Waals surface area contributed by atoms with Crippen LogP contribution in [-0.2, 0) is 4.79 Å². The van der Waals surface area contributed by atoms with Crippen molar-refractivity contribution in [1.82, 2.24) is 0 Å². The fourth-order valence-electron chi connectivity index (χ4n) is 2.01. The highest BCUT2D eigenvalue weighted by Gasteiger charge is 2.27. The molecule has 0 saturated heterocycles. The minimum atomic E-state index is -0.925. The summed E-state index contributed by atoms with van der Waals surface area (Å²) in [6.45, 7) is 0. The Labute approximate surface area is 106 Å². The van der Waals surface area contributed by atoms with Crippen LogP contribution in [0.1, 0.15) is 23.1 Å². The van der Waals surface area contributed by atoms with Gasteiger partial charge in [-0.1, -0.05) is 60.7 Å². The molecule has 3 N–H and O–H groups in total. The third-order valence-corrected chi connectivity index (χ3v) is 2.92. The predicted molar refractivity (Wildman–Crippen MR) is 69.8 cm³/mol. The zero-order valence-electron chi connectivity index (χ0n) is 9.86. The number of carbonyl (C=O) groups is 1. The summed E-state index contributed by atoms with van der Waals surface area (Å²) < 4.78 is 0. The van der Waals surface area contributed by atoms with Crippen LogP contribution in [0, 0.1) is 0 Å². The van der Waals surface area contributed by atoms with Crippen LogP contribution >= 0.6 is 0 Å². The van der Waals surface area contributed by atoms with Gasteiger partial charge in [-0.05, 0) is 11.1 Å². The second kappa shape index (κ2) is 5.47. The Morgan fingerprint density at radius 1 is 0.889 bits per heavy atom. The molecule has 0 heterocycles. The normalized spacial score (nSPS) is 13.8. The number of hydrogen-bond donors (Lipinski definition) is 2. The van der Waals surface area contributed by atoms with Gasteiger partial charge < -0.3 is 10.8 Å². The van der Waals surface area contributed by atoms with Gasteiger partial charge in [0.15, 0.2) is 0 Å². The van der Waals surface area contributed by atoms with Gasteiger partial charge in [0, 0.05) is 0 Å². The predicted octanol–water partition coefficient (Wildman–Crippen LogP) is 1.99. The van der Waals surface area contributed by atoms with Crippen LogP contribution in [0.5, 0.6) is 0 Å². The number of aliphatic hydroxyl groups is 1. The lowest BCUT2D eigenvalue weighted by atomic mass is 9.89. The molecule has 2 aromatic rings. The Hall–Kier alpha value is -2.13. The molecule has 2 aromatic carbocycles. The molecule has 0 aliphatic rings. The van der Waals surface area contributed by atoms with Crippen LogP contribution < -0.4 is 5.73 Å². The highest BCUT2D eigenvalue weighted by Crippen LogP contribution is 2.30. The molecule has 0 bridgehead atoms. The number of carbonyl (C=O) groups excluding carboxylic acids is 1. The maximum atomic E-state index is 11.6. The molecule has 0 radical (unpaired) electrons. The Morgan fingerprint density at radius 3 is 1.78 bits per heavy atom. The van der Waals surface area contributed by atoms with E-state index in [0.29, 0.717) is 5.56 Å². The molecule has 0 saturated carbocycles. The molecule has 3 heteroatoms. The van der Waals surface area contributed by atoms with Crippen molar-refractivity contribution in [2.24, 2.45) is 5.73 Å². The first-order valence-electron chi connectivity index (χ1n) is 5.77. The van der Waals surface area contributed by atoms with Crippen LogP contribution in [0.15, 0.2) is 60.7 Å². The average molecular weight is 241 g/mol. The number of amides is 1. The standard InChI is InChI=1S/C15H15NO2/c16-15(18)13(11-7-3-1-4-8-11)14(17)12-9-5-2-6-10-12/h1-10,13-14,17H,(H2,16,18)/t13-,14-/m0/s1. The lowest BCUT2D eigenvalue weighted by Crippen LogP contribution is -2.26. The molecule has 0 fully saturated rings. The summed E-state index contributed by atoms with van der Waals surface area (Å²) in [5.41, 5.74) is 6.82. The molecule has 1 amide bonds. The molecule has 0 aromatic heterocycles. The summed E-state index contributed by atoms with van der Waals surface area (Å²) in [5.74, 6) is -1.26. The zero-order valence-corrected chi connectivity index (χ0v) is 9.86. The minimum absolute atomic E-state index is 0.530. The van der Waals surface area contributed by atoms with Crippen LogP contribution in [0.2, 0.25) is 0 Å². The summed E-state index contributed by atoms with van der Waals surface area (Å²) in [5, 5.41) is 10.3. The topological polar surface area (TPSA) is 63.3 Å². The molecular formula is C15H15NO2. The fraction of sp³-hybridized carbons (Fsp3) is 0.133. The number of benzene rings is 2. The molecule has 0 aliphatic carbocycles. The molecular weight excluding hydrogens is 226 g/mol. The van der Waals surface area contributed by atoms with E-state index in [4.69, 9.17) is 5.73 Å². The van der Waals surface area contributed by atoms with Gasteiger partial charge in [-0.2, -0.15) is 0 Å². The van der Waals surface area contributed by atoms with E-state index >= 15 is 0 Å². The van der Waals surface area contributed by atoms with Crippen molar-refractivity contribution in [2.75, 3.05) is 0 Å². The van der Waals surface area contributed by atoms with Crippen molar-refractivity contribution in [1.29, 1.82) is 0 Å². The van der Waals surface area contributed by atoms with Crippen molar-refractivity contribution in [3.8, 4) is 0 Å². The van der Waals surface area contributed by atoms with Crippen LogP contribution in [0.3, 0.4) is 0 Å². The maximum absolute atomic E-state index is 11.6. The van der Waals surface area contributed by atoms with E-state index in [0.717, 1.165) is 5.56 Å². The number of aliphatic hydroxyl groups excluding tert-OH is 1. The maximum Gasteiger partial charge on any atom is 0.227 e. The van der Waals surface area contributed by atoms with Crippen molar-refractivity contribution < 1.29 is 9.90 Å². The van der Waals surface area contributed by atoms with E-state index < -0.39 is 17.9 Å². The van der Waals surface area contributed by atoms with E-state index in [2.05, 4.69) is 0 Å². The monoisotopic (exact) mass is 241 g/mol. The third-order valence-electron chi connectivity index (χ3n) is 2.92. The van der Waals surface area contributed by atoms with Gasteiger partial charge in [-0.15, -0.1) is 0 Å². The number of rotatable bonds is 4. The zero-order chi connectivity index (χ0) is 13.0. The van der Waals surface area contributed by atoms with E-state index in [1.165, 1.54) is 0 Å². The van der Waals surface area contributed by atoms with Gasteiger partial charge in [0.2, 0.25) is 5.91 Å². The lowest BCUT2D eigenvalue weighted by Gasteiger charge is -2.20. The second-order valence-electron chi connectivity index (χ2n) is 4.15. The molecule has 0 unspecified atom stereocenters. The van der Waals surface area contributed by atoms with E-state index in [-0.39, 0.29) is 0 Å². The minimum Gasteiger partial charge on any atom is -0.387 e. The first-order valence-corrected chi connectivity index (χ1v) is 5.77. The highest BCUT2D eigenvalue weighted by molar-refractivity contribution is 5.82. The van der Waals surface area contributed by atoms with Gasteiger partial charge in [-0.25, -0.2) is 0 Å². The lowest BCUT2D eigenvalue weighted by molar-refractivity contribution is -0.122. The van der Waals surface area contributed by atoms with E-state index in [1.807, 2.05) is 36.4 Å². The highest BCUT2D eigenvalue weighted by atomic mass is 16.3. The molecule has 3 nitrogen and oxygen atoms in total. The SMILES string of the molecule is NC(=O)[C@@H](c1ccccc1)[C@@H](O)c1ccccc1. The van der Waals surface area contributed by atoms with Crippen molar-refractivity contribution in [3.05, 3.63) is 71.8 Å². The van der Waals surface area contributed by atoms with Crippen LogP contribution in [0.25, 0.3) is 0 Å². The largest absolute Gasteiger partial charge is 0.387 e. The fourth-order valence-corrected chi connectivity index (χ4v) is 2.01. The quantitative estimate of drug-likeness (QED) is 0.859. The molecule has 2 atom stereocenters. The van der Waals surface area contributed by atoms with E-state index in [1.54, 1.807) is 24.3 Å². The number of nitrogens with two attached hydrogens (primary N) is 1. The second-order valence-corrected chi connectivity index (χ2v) is 4.15. The van der Waals surface area contributed by atoms with Gasteiger partial charge in [-0.3, -0.25) is 4.79 Å². The van der Waals surface area contributed by atoms with Crippen LogP contribution in [0.4, 0.5) is 0 Å². The summed E-state index contributed by atoms with van der Waals surface area (Å²) in [7, 11) is 0. The van der Waals surface area contributed by atoms with Gasteiger partial charge in [0.05, 0.1) is 12.0 Å². The summed E-state index contributed by atoms with van der Waals surface area (Å²) >= 11 is 0. The Morgan fingerprint density at radius 2 is 1.33 bits per heavy atom. The first kappa shape index (κ1) is 12.3. The summed E-state index contributed by atoms with van der Waals surface area (Å²) in [6, 6.07) is 18.2. The molecule has 18 heavy (non-hydrogen) atoms. The molecule has 2 rings (SSSR count). The Bertz CT molecular complexity index is 511. The summed E-state index contributed by atoms with van der Waals surface area (Å²) in [4.78, 5) is 11.6. The first-order chi connectivity index (χ1) is 8.70. The van der Waals surface area contributed by atoms with Crippen molar-refractivity contribution in [3.63, 3.8) is 0 Å². The van der Waals surface area contributed by atoms with Gasteiger partial charge in [0.25, 0.3) is 0 Å². The molecule has 0 aliphatic heterocycles. The van der Waals surface area contributed by atoms with Crippen LogP contribution in [-0.4, -0.2) is 11.0 Å². The van der Waals surface area contributed by atoms with Gasteiger partial charge in [0.1, 0.15) is 0 Å². The van der Waals surface area contributed by atoms with Gasteiger partial charge >= 0.3 is 0 Å². The third kappa shape index (κ3) is 2.57. The Balaban J connectivity index is 2.35. The van der Waals surface area contributed by atoms with E-state index in [9.17, 15) is 9.90 Å². The average Bonchev–Trinajstić information content (AvgIpc) is 2.40. The Kier molecular flexibility index (Phi) is 3.75. The number of hydrogen-bond acceptors (Lipinski definition) is 2. The smallest absolute Gasteiger partial charge is 0.227 e. The molecule has 92 valence electrons. The van der Waals surface area contributed by atoms with Crippen molar-refractivity contribution >= 4 is 5.91 Å². The number of primary amides is 1. The van der Waals surface area contributed by atoms with Crippen molar-refractivity contribution in [2.45, 2.75) is 12.0 Å².